The lowest BCUT2D eigenvalue weighted by Crippen LogP contribution is -2.49. The molecule has 126 valence electrons. The minimum Gasteiger partial charge on any atom is -0.382 e. The smallest absolute Gasteiger partial charge is 0.225 e. The molecule has 4 heteroatoms. The van der Waals surface area contributed by atoms with E-state index in [1.54, 1.807) is 7.11 Å². The third-order valence-electron chi connectivity index (χ3n) is 5.15. The van der Waals surface area contributed by atoms with Crippen molar-refractivity contribution in [1.82, 2.24) is 4.90 Å². The van der Waals surface area contributed by atoms with Gasteiger partial charge >= 0.3 is 0 Å². The molecule has 0 radical (unpaired) electrons. The first kappa shape index (κ1) is 16.5. The zero-order valence-corrected chi connectivity index (χ0v) is 13.9. The molecule has 0 aromatic heterocycles. The largest absolute Gasteiger partial charge is 0.382 e. The van der Waals surface area contributed by atoms with Gasteiger partial charge in [0.2, 0.25) is 5.91 Å². The number of hydrogen-bond acceptors (Lipinski definition) is 3. The van der Waals surface area contributed by atoms with E-state index < -0.39 is 0 Å². The van der Waals surface area contributed by atoms with Crippen molar-refractivity contribution < 1.29 is 14.3 Å². The van der Waals surface area contributed by atoms with Crippen molar-refractivity contribution >= 4 is 5.91 Å². The fraction of sp³-hybridized carbons (Fsp3) is 0.632. The highest BCUT2D eigenvalue weighted by Crippen LogP contribution is 2.36. The van der Waals surface area contributed by atoms with Crippen molar-refractivity contribution in [1.29, 1.82) is 0 Å². The van der Waals surface area contributed by atoms with E-state index in [1.807, 2.05) is 4.90 Å². The zero-order valence-electron chi connectivity index (χ0n) is 13.9. The molecule has 3 rings (SSSR count). The maximum absolute atomic E-state index is 12.8. The van der Waals surface area contributed by atoms with Gasteiger partial charge in [-0.3, -0.25) is 4.79 Å². The van der Waals surface area contributed by atoms with Crippen LogP contribution in [0.25, 0.3) is 0 Å². The quantitative estimate of drug-likeness (QED) is 0.857. The van der Waals surface area contributed by atoms with Gasteiger partial charge in [-0.1, -0.05) is 30.3 Å². The average Bonchev–Trinajstić information content (AvgIpc) is 2.62. The SMILES string of the molecule is COCC1CN(C(=O)C2CCC(c3ccccc3)CC2)CCO1. The summed E-state index contributed by atoms with van der Waals surface area (Å²) in [6.45, 7) is 2.58. The van der Waals surface area contributed by atoms with E-state index in [4.69, 9.17) is 9.47 Å². The Labute approximate surface area is 138 Å². The highest BCUT2D eigenvalue weighted by molar-refractivity contribution is 5.79. The Hall–Kier alpha value is -1.39. The highest BCUT2D eigenvalue weighted by Gasteiger charge is 2.32. The van der Waals surface area contributed by atoms with E-state index in [-0.39, 0.29) is 12.0 Å². The maximum atomic E-state index is 12.8. The van der Waals surface area contributed by atoms with Crippen LogP contribution in [-0.2, 0) is 14.3 Å². The molecule has 1 heterocycles. The maximum Gasteiger partial charge on any atom is 0.225 e. The van der Waals surface area contributed by atoms with E-state index in [9.17, 15) is 4.79 Å². The van der Waals surface area contributed by atoms with Gasteiger partial charge in [0.15, 0.2) is 0 Å². The number of morpholine rings is 1. The second-order valence-electron chi connectivity index (χ2n) is 6.69. The number of carbonyl (C=O) groups excluding carboxylic acids is 1. The lowest BCUT2D eigenvalue weighted by molar-refractivity contribution is -0.146. The minimum absolute atomic E-state index is 0.0263. The number of amides is 1. The van der Waals surface area contributed by atoms with Gasteiger partial charge in [-0.15, -0.1) is 0 Å². The van der Waals surface area contributed by atoms with E-state index in [0.717, 1.165) is 32.2 Å². The number of hydrogen-bond donors (Lipinski definition) is 0. The first-order valence-corrected chi connectivity index (χ1v) is 8.72. The van der Waals surface area contributed by atoms with Gasteiger partial charge in [0.1, 0.15) is 0 Å². The first-order valence-electron chi connectivity index (χ1n) is 8.72. The van der Waals surface area contributed by atoms with Crippen LogP contribution in [0.15, 0.2) is 30.3 Å². The Kier molecular flexibility index (Phi) is 5.68. The van der Waals surface area contributed by atoms with Crippen LogP contribution < -0.4 is 0 Å². The van der Waals surface area contributed by atoms with Crippen molar-refractivity contribution in [2.45, 2.75) is 37.7 Å². The van der Waals surface area contributed by atoms with Crippen molar-refractivity contribution in [2.24, 2.45) is 5.92 Å². The van der Waals surface area contributed by atoms with Crippen molar-refractivity contribution in [3.05, 3.63) is 35.9 Å². The molecule has 0 bridgehead atoms. The Morgan fingerprint density at radius 1 is 1.22 bits per heavy atom. The number of carbonyl (C=O) groups is 1. The summed E-state index contributed by atoms with van der Waals surface area (Å²) >= 11 is 0. The van der Waals surface area contributed by atoms with Crippen LogP contribution in [0.3, 0.4) is 0 Å². The summed E-state index contributed by atoms with van der Waals surface area (Å²) in [5.41, 5.74) is 1.42. The monoisotopic (exact) mass is 317 g/mol. The van der Waals surface area contributed by atoms with Crippen LogP contribution >= 0.6 is 0 Å². The summed E-state index contributed by atoms with van der Waals surface area (Å²) in [6.07, 6.45) is 4.27. The third kappa shape index (κ3) is 4.12. The molecule has 2 aliphatic rings. The van der Waals surface area contributed by atoms with Crippen LogP contribution in [0, 0.1) is 5.92 Å². The highest BCUT2D eigenvalue weighted by atomic mass is 16.5. The van der Waals surface area contributed by atoms with Crippen molar-refractivity contribution in [3.63, 3.8) is 0 Å². The van der Waals surface area contributed by atoms with Crippen LogP contribution in [0.1, 0.15) is 37.2 Å². The van der Waals surface area contributed by atoms with Crippen LogP contribution in [0.4, 0.5) is 0 Å². The van der Waals surface area contributed by atoms with Crippen molar-refractivity contribution in [3.8, 4) is 0 Å². The van der Waals surface area contributed by atoms with Gasteiger partial charge in [0, 0.05) is 26.1 Å². The summed E-state index contributed by atoms with van der Waals surface area (Å²) < 4.78 is 10.8. The Bertz CT molecular complexity index is 495. The van der Waals surface area contributed by atoms with Crippen LogP contribution in [-0.4, -0.2) is 50.3 Å². The number of nitrogens with zero attached hydrogens (tertiary/aromatic N) is 1. The molecule has 1 aliphatic carbocycles. The molecule has 0 spiro atoms. The minimum atomic E-state index is 0.0263. The van der Waals surface area contributed by atoms with Crippen molar-refractivity contribution in [2.75, 3.05) is 33.4 Å². The molecule has 1 amide bonds. The van der Waals surface area contributed by atoms with Gasteiger partial charge in [-0.05, 0) is 37.2 Å². The number of benzene rings is 1. The average molecular weight is 317 g/mol. The topological polar surface area (TPSA) is 38.8 Å². The normalized spacial score (nSPS) is 28.6. The van der Waals surface area contributed by atoms with Crippen LogP contribution in [0.2, 0.25) is 0 Å². The fourth-order valence-corrected chi connectivity index (χ4v) is 3.86. The number of methoxy groups -OCH3 is 1. The second kappa shape index (κ2) is 7.93. The lowest BCUT2D eigenvalue weighted by Gasteiger charge is -2.36. The van der Waals surface area contributed by atoms with E-state index in [0.29, 0.717) is 31.6 Å². The molecule has 1 saturated heterocycles. The molecule has 1 saturated carbocycles. The molecule has 0 N–H and O–H groups in total. The predicted octanol–water partition coefficient (Wildman–Crippen LogP) is 2.83. The second-order valence-corrected chi connectivity index (χ2v) is 6.69. The van der Waals surface area contributed by atoms with E-state index in [1.165, 1.54) is 5.56 Å². The first-order chi connectivity index (χ1) is 11.3. The summed E-state index contributed by atoms with van der Waals surface area (Å²) in [4.78, 5) is 14.8. The van der Waals surface area contributed by atoms with Crippen LogP contribution in [0.5, 0.6) is 0 Å². The summed E-state index contributed by atoms with van der Waals surface area (Å²) in [5, 5.41) is 0. The molecule has 4 nitrogen and oxygen atoms in total. The molecule has 1 aromatic carbocycles. The summed E-state index contributed by atoms with van der Waals surface area (Å²) in [6, 6.07) is 10.7. The summed E-state index contributed by atoms with van der Waals surface area (Å²) in [7, 11) is 1.68. The lowest BCUT2D eigenvalue weighted by atomic mass is 9.78. The molecule has 2 fully saturated rings. The van der Waals surface area contributed by atoms with Gasteiger partial charge in [-0.2, -0.15) is 0 Å². The fourth-order valence-electron chi connectivity index (χ4n) is 3.86. The molecular formula is C19H27NO3. The molecular weight excluding hydrogens is 290 g/mol. The van der Waals surface area contributed by atoms with Gasteiger partial charge in [0.25, 0.3) is 0 Å². The number of rotatable bonds is 4. The molecule has 1 aliphatic heterocycles. The van der Waals surface area contributed by atoms with Gasteiger partial charge in [0.05, 0.1) is 19.3 Å². The Morgan fingerprint density at radius 2 is 1.96 bits per heavy atom. The van der Waals surface area contributed by atoms with E-state index >= 15 is 0 Å². The van der Waals surface area contributed by atoms with Gasteiger partial charge in [-0.25, -0.2) is 0 Å². The molecule has 1 unspecified atom stereocenters. The van der Waals surface area contributed by atoms with E-state index in [2.05, 4.69) is 30.3 Å². The molecule has 1 aromatic rings. The third-order valence-corrected chi connectivity index (χ3v) is 5.15. The molecule has 23 heavy (non-hydrogen) atoms. The Balaban J connectivity index is 1.52. The summed E-state index contributed by atoms with van der Waals surface area (Å²) in [5.74, 6) is 1.13. The Morgan fingerprint density at radius 3 is 2.65 bits per heavy atom. The van der Waals surface area contributed by atoms with Gasteiger partial charge < -0.3 is 14.4 Å². The zero-order chi connectivity index (χ0) is 16.1. The predicted molar refractivity (Wildman–Crippen MR) is 89.3 cm³/mol. The standard InChI is InChI=1S/C19H27NO3/c1-22-14-18-13-20(11-12-23-18)19(21)17-9-7-16(8-10-17)15-5-3-2-4-6-15/h2-6,16-18H,7-14H2,1H3. The number of ether oxygens (including phenoxy) is 2. The molecule has 1 atom stereocenters.